The van der Waals surface area contributed by atoms with Gasteiger partial charge in [-0.1, -0.05) is 12.8 Å². The van der Waals surface area contributed by atoms with Gasteiger partial charge in [0.1, 0.15) is 0 Å². The molecule has 1 fully saturated rings. The van der Waals surface area contributed by atoms with Crippen molar-refractivity contribution in [2.75, 3.05) is 6.61 Å². The van der Waals surface area contributed by atoms with Gasteiger partial charge < -0.3 is 10.4 Å². The van der Waals surface area contributed by atoms with E-state index in [2.05, 4.69) is 32.7 Å². The Kier molecular flexibility index (Phi) is 4.82. The predicted molar refractivity (Wildman–Crippen MR) is 71.7 cm³/mol. The lowest BCUT2D eigenvalue weighted by atomic mass is 9.85. The fourth-order valence-corrected chi connectivity index (χ4v) is 3.59. The third kappa shape index (κ3) is 3.29. The summed E-state index contributed by atoms with van der Waals surface area (Å²) in [6.45, 7) is 1.24. The van der Waals surface area contributed by atoms with Crippen LogP contribution in [-0.2, 0) is 6.54 Å². The second-order valence-corrected chi connectivity index (χ2v) is 6.76. The molecule has 2 unspecified atom stereocenters. The van der Waals surface area contributed by atoms with Crippen molar-refractivity contribution in [3.8, 4) is 0 Å². The molecule has 0 saturated heterocycles. The van der Waals surface area contributed by atoms with Crippen LogP contribution in [0, 0.1) is 5.92 Å². The Labute approximate surface area is 109 Å². The first-order chi connectivity index (χ1) is 7.79. The summed E-state index contributed by atoms with van der Waals surface area (Å²) >= 11 is 5.20. The van der Waals surface area contributed by atoms with E-state index in [9.17, 15) is 5.11 Å². The van der Waals surface area contributed by atoms with E-state index in [-0.39, 0.29) is 0 Å². The van der Waals surface area contributed by atoms with Crippen LogP contribution in [0.4, 0.5) is 0 Å². The van der Waals surface area contributed by atoms with E-state index >= 15 is 0 Å². The molecule has 2 nitrogen and oxygen atoms in total. The molecule has 0 spiro atoms. The summed E-state index contributed by atoms with van der Waals surface area (Å²) in [5, 5.41) is 15.1. The molecule has 1 aromatic rings. The van der Waals surface area contributed by atoms with Crippen molar-refractivity contribution in [3.05, 3.63) is 20.8 Å². The highest BCUT2D eigenvalue weighted by molar-refractivity contribution is 9.11. The fourth-order valence-electron chi connectivity index (χ4n) is 2.38. The lowest BCUT2D eigenvalue weighted by molar-refractivity contribution is 0.152. The van der Waals surface area contributed by atoms with Crippen LogP contribution in [0.25, 0.3) is 0 Å². The van der Waals surface area contributed by atoms with Gasteiger partial charge in [0.15, 0.2) is 0 Å². The van der Waals surface area contributed by atoms with Gasteiger partial charge in [-0.3, -0.25) is 0 Å². The maximum Gasteiger partial charge on any atom is 0.0701 e. The van der Waals surface area contributed by atoms with E-state index in [1.54, 1.807) is 11.3 Å². The molecule has 4 heteroatoms. The largest absolute Gasteiger partial charge is 0.396 e. The molecule has 1 aliphatic carbocycles. The highest BCUT2D eigenvalue weighted by Crippen LogP contribution is 2.25. The number of thiophene rings is 1. The fraction of sp³-hybridized carbons (Fsp3) is 0.667. The molecule has 0 radical (unpaired) electrons. The molecule has 16 heavy (non-hydrogen) atoms. The first-order valence-corrected chi connectivity index (χ1v) is 7.54. The Morgan fingerprint density at radius 1 is 1.44 bits per heavy atom. The number of hydrogen-bond acceptors (Lipinski definition) is 3. The minimum absolute atomic E-state index is 0.324. The molecule has 0 amide bonds. The molecule has 1 heterocycles. The molecule has 0 aromatic carbocycles. The van der Waals surface area contributed by atoms with Crippen LogP contribution >= 0.6 is 27.3 Å². The summed E-state index contributed by atoms with van der Waals surface area (Å²) in [7, 11) is 0. The van der Waals surface area contributed by atoms with Crippen LogP contribution in [0.15, 0.2) is 15.2 Å². The van der Waals surface area contributed by atoms with Crippen LogP contribution in [-0.4, -0.2) is 17.8 Å². The van der Waals surface area contributed by atoms with Crippen molar-refractivity contribution in [2.24, 2.45) is 5.92 Å². The van der Waals surface area contributed by atoms with E-state index in [4.69, 9.17) is 0 Å². The SMILES string of the molecule is OCC1CCCCC1NCc1csc(Br)c1. The lowest BCUT2D eigenvalue weighted by Crippen LogP contribution is -2.39. The molecule has 2 N–H and O–H groups in total. The van der Waals surface area contributed by atoms with Gasteiger partial charge in [0, 0.05) is 19.2 Å². The van der Waals surface area contributed by atoms with Crippen molar-refractivity contribution in [2.45, 2.75) is 38.3 Å². The summed E-state index contributed by atoms with van der Waals surface area (Å²) in [4.78, 5) is 0. The molecule has 0 aliphatic heterocycles. The summed E-state index contributed by atoms with van der Waals surface area (Å²) in [6, 6.07) is 2.66. The van der Waals surface area contributed by atoms with Gasteiger partial charge in [-0.2, -0.15) is 0 Å². The molecular weight excluding hydrogens is 286 g/mol. The number of rotatable bonds is 4. The van der Waals surface area contributed by atoms with E-state index in [0.29, 0.717) is 18.6 Å². The zero-order valence-electron chi connectivity index (χ0n) is 9.29. The standard InChI is InChI=1S/C12H18BrNOS/c13-12-5-9(8-16-12)6-14-11-4-2-1-3-10(11)7-15/h5,8,10-11,14-15H,1-4,6-7H2. The molecule has 2 atom stereocenters. The van der Waals surface area contributed by atoms with Gasteiger partial charge in [-0.05, 0) is 51.7 Å². The topological polar surface area (TPSA) is 32.3 Å². The molecule has 1 saturated carbocycles. The average molecular weight is 304 g/mol. The van der Waals surface area contributed by atoms with Gasteiger partial charge in [-0.25, -0.2) is 0 Å². The monoisotopic (exact) mass is 303 g/mol. The second-order valence-electron chi connectivity index (χ2n) is 4.47. The van der Waals surface area contributed by atoms with Gasteiger partial charge in [0.2, 0.25) is 0 Å². The van der Waals surface area contributed by atoms with Crippen LogP contribution < -0.4 is 5.32 Å². The predicted octanol–water partition coefficient (Wildman–Crippen LogP) is 3.15. The van der Waals surface area contributed by atoms with Gasteiger partial charge in [0.25, 0.3) is 0 Å². The molecule has 1 aromatic heterocycles. The van der Waals surface area contributed by atoms with Crippen molar-refractivity contribution in [1.29, 1.82) is 0 Å². The number of hydrogen-bond donors (Lipinski definition) is 2. The van der Waals surface area contributed by atoms with E-state index < -0.39 is 0 Å². The van der Waals surface area contributed by atoms with Crippen LogP contribution in [0.2, 0.25) is 0 Å². The highest BCUT2D eigenvalue weighted by Gasteiger charge is 2.23. The number of halogens is 1. The van der Waals surface area contributed by atoms with E-state index in [1.165, 1.54) is 35.0 Å². The zero-order chi connectivity index (χ0) is 11.4. The Morgan fingerprint density at radius 2 is 2.25 bits per heavy atom. The maximum atomic E-state index is 9.32. The van der Waals surface area contributed by atoms with Crippen LogP contribution in [0.1, 0.15) is 31.2 Å². The average Bonchev–Trinajstić information content (AvgIpc) is 2.73. The molecule has 2 rings (SSSR count). The molecule has 0 bridgehead atoms. The Hall–Kier alpha value is 0.100. The summed E-state index contributed by atoms with van der Waals surface area (Å²) < 4.78 is 1.19. The van der Waals surface area contributed by atoms with Crippen molar-refractivity contribution < 1.29 is 5.11 Å². The van der Waals surface area contributed by atoms with Gasteiger partial charge in [-0.15, -0.1) is 11.3 Å². The summed E-state index contributed by atoms with van der Waals surface area (Å²) in [5.41, 5.74) is 1.33. The third-order valence-corrected chi connectivity index (χ3v) is 4.89. The second kappa shape index (κ2) is 6.15. The molecule has 90 valence electrons. The minimum Gasteiger partial charge on any atom is -0.396 e. The summed E-state index contributed by atoms with van der Waals surface area (Å²) in [5.74, 6) is 0.454. The summed E-state index contributed by atoms with van der Waals surface area (Å²) in [6.07, 6.45) is 4.94. The minimum atomic E-state index is 0.324. The number of nitrogens with one attached hydrogen (secondary N) is 1. The van der Waals surface area contributed by atoms with Crippen molar-refractivity contribution in [1.82, 2.24) is 5.32 Å². The highest BCUT2D eigenvalue weighted by atomic mass is 79.9. The molecular formula is C12H18BrNOS. The van der Waals surface area contributed by atoms with Crippen LogP contribution in [0.5, 0.6) is 0 Å². The normalized spacial score (nSPS) is 25.9. The Balaban J connectivity index is 1.84. The van der Waals surface area contributed by atoms with Gasteiger partial charge in [0.05, 0.1) is 3.79 Å². The van der Waals surface area contributed by atoms with Crippen molar-refractivity contribution in [3.63, 3.8) is 0 Å². The number of aliphatic hydroxyl groups excluding tert-OH is 1. The van der Waals surface area contributed by atoms with E-state index in [1.807, 2.05) is 0 Å². The smallest absolute Gasteiger partial charge is 0.0701 e. The lowest BCUT2D eigenvalue weighted by Gasteiger charge is -2.31. The van der Waals surface area contributed by atoms with Crippen molar-refractivity contribution >= 4 is 27.3 Å². The number of aliphatic hydroxyl groups is 1. The quantitative estimate of drug-likeness (QED) is 0.895. The van der Waals surface area contributed by atoms with Crippen LogP contribution in [0.3, 0.4) is 0 Å². The maximum absolute atomic E-state index is 9.32. The van der Waals surface area contributed by atoms with E-state index in [0.717, 1.165) is 6.54 Å². The first-order valence-electron chi connectivity index (χ1n) is 5.86. The Morgan fingerprint density at radius 3 is 2.94 bits per heavy atom. The molecule has 1 aliphatic rings. The third-order valence-electron chi connectivity index (χ3n) is 3.33. The first kappa shape index (κ1) is 12.6. The Bertz CT molecular complexity index is 329. The zero-order valence-corrected chi connectivity index (χ0v) is 11.7. The van der Waals surface area contributed by atoms with Gasteiger partial charge >= 0.3 is 0 Å².